The number of benzene rings is 1. The van der Waals surface area contributed by atoms with Crippen molar-refractivity contribution in [2.24, 2.45) is 5.92 Å². The van der Waals surface area contributed by atoms with Gasteiger partial charge in [0.25, 0.3) is 5.91 Å². The van der Waals surface area contributed by atoms with Gasteiger partial charge in [-0.1, -0.05) is 26.0 Å². The number of nitrogens with one attached hydrogen (secondary N) is 1. The van der Waals surface area contributed by atoms with E-state index in [0.29, 0.717) is 43.2 Å². The van der Waals surface area contributed by atoms with Gasteiger partial charge < -0.3 is 19.2 Å². The Morgan fingerprint density at radius 3 is 2.68 bits per heavy atom. The molecule has 2 heterocycles. The molecule has 3 rings (SSSR count). The molecule has 1 fully saturated rings. The zero-order valence-electron chi connectivity index (χ0n) is 19.1. The molecule has 0 spiro atoms. The summed E-state index contributed by atoms with van der Waals surface area (Å²) in [4.78, 5) is 19.2. The molecule has 0 radical (unpaired) electrons. The molecule has 1 saturated heterocycles. The average molecular weight is 430 g/mol. The molecule has 1 aromatic carbocycles. The Morgan fingerprint density at radius 2 is 2.03 bits per heavy atom. The molecule has 2 atom stereocenters. The Morgan fingerprint density at radius 1 is 1.26 bits per heavy atom. The lowest BCUT2D eigenvalue weighted by Crippen LogP contribution is -2.36. The van der Waals surface area contributed by atoms with E-state index in [0.717, 1.165) is 31.7 Å². The summed E-state index contributed by atoms with van der Waals surface area (Å²) in [6, 6.07) is 8.49. The standard InChI is InChI=1S/C24H35N3O4/c1-5-29-20-10-8-19(9-11-20)14-27(18(4)17(2)3)15-23-26-22(16-31-23)24(28)25-13-21-7-6-12-30-21/h8-11,16-18,21H,5-7,12-15H2,1-4H3,(H,25,28). The van der Waals surface area contributed by atoms with Gasteiger partial charge in [-0.3, -0.25) is 9.69 Å². The van der Waals surface area contributed by atoms with Crippen molar-refractivity contribution in [2.45, 2.75) is 65.8 Å². The van der Waals surface area contributed by atoms with Gasteiger partial charge in [-0.2, -0.15) is 0 Å². The van der Waals surface area contributed by atoms with Crippen LogP contribution in [-0.2, 0) is 17.8 Å². The second-order valence-corrected chi connectivity index (χ2v) is 8.44. The lowest BCUT2D eigenvalue weighted by Gasteiger charge is -2.30. The molecule has 1 aliphatic rings. The third-order valence-corrected chi connectivity index (χ3v) is 5.80. The van der Waals surface area contributed by atoms with Crippen molar-refractivity contribution in [3.63, 3.8) is 0 Å². The van der Waals surface area contributed by atoms with Crippen LogP contribution in [0.5, 0.6) is 5.75 Å². The van der Waals surface area contributed by atoms with Gasteiger partial charge >= 0.3 is 0 Å². The van der Waals surface area contributed by atoms with Gasteiger partial charge in [0, 0.05) is 25.7 Å². The largest absolute Gasteiger partial charge is 0.494 e. The van der Waals surface area contributed by atoms with Gasteiger partial charge in [-0.05, 0) is 50.3 Å². The summed E-state index contributed by atoms with van der Waals surface area (Å²) in [6.45, 7) is 11.8. The second kappa shape index (κ2) is 11.3. The van der Waals surface area contributed by atoms with E-state index in [1.165, 1.54) is 11.8 Å². The maximum absolute atomic E-state index is 12.4. The third kappa shape index (κ3) is 6.80. The van der Waals surface area contributed by atoms with Crippen molar-refractivity contribution in [1.29, 1.82) is 0 Å². The highest BCUT2D eigenvalue weighted by molar-refractivity contribution is 5.91. The quantitative estimate of drug-likeness (QED) is 0.581. The molecule has 2 aromatic rings. The molecule has 1 aromatic heterocycles. The van der Waals surface area contributed by atoms with Crippen molar-refractivity contribution >= 4 is 5.91 Å². The summed E-state index contributed by atoms with van der Waals surface area (Å²) in [6.07, 6.45) is 3.58. The second-order valence-electron chi connectivity index (χ2n) is 8.44. The molecule has 170 valence electrons. The minimum atomic E-state index is -0.222. The number of oxazole rings is 1. The summed E-state index contributed by atoms with van der Waals surface area (Å²) in [5.74, 6) is 1.66. The molecule has 2 unspecified atom stereocenters. The van der Waals surface area contributed by atoms with E-state index in [2.05, 4.69) is 48.1 Å². The predicted octanol–water partition coefficient (Wildman–Crippen LogP) is 4.03. The zero-order valence-corrected chi connectivity index (χ0v) is 19.1. The van der Waals surface area contributed by atoms with Crippen molar-refractivity contribution < 1.29 is 18.7 Å². The number of amides is 1. The molecule has 1 N–H and O–H groups in total. The number of hydrogen-bond acceptors (Lipinski definition) is 6. The van der Waals surface area contributed by atoms with Crippen LogP contribution in [-0.4, -0.2) is 47.7 Å². The number of rotatable bonds is 11. The van der Waals surface area contributed by atoms with E-state index >= 15 is 0 Å². The minimum absolute atomic E-state index is 0.104. The van der Waals surface area contributed by atoms with E-state index in [-0.39, 0.29) is 12.0 Å². The van der Waals surface area contributed by atoms with Crippen LogP contribution < -0.4 is 10.1 Å². The van der Waals surface area contributed by atoms with Gasteiger partial charge in [-0.25, -0.2) is 4.98 Å². The van der Waals surface area contributed by atoms with E-state index in [1.54, 1.807) is 0 Å². The van der Waals surface area contributed by atoms with Crippen molar-refractivity contribution in [3.05, 3.63) is 47.7 Å². The van der Waals surface area contributed by atoms with Crippen LogP contribution in [0.2, 0.25) is 0 Å². The number of carbonyl (C=O) groups excluding carboxylic acids is 1. The van der Waals surface area contributed by atoms with E-state index < -0.39 is 0 Å². The molecule has 1 aliphatic heterocycles. The molecular formula is C24H35N3O4. The van der Waals surface area contributed by atoms with Crippen molar-refractivity contribution in [1.82, 2.24) is 15.2 Å². The van der Waals surface area contributed by atoms with Gasteiger partial charge in [0.2, 0.25) is 5.89 Å². The Bertz CT molecular complexity index is 812. The first kappa shape index (κ1) is 23.3. The average Bonchev–Trinajstić information content (AvgIpc) is 3.44. The maximum Gasteiger partial charge on any atom is 0.273 e. The Labute approximate surface area is 185 Å². The first-order valence-corrected chi connectivity index (χ1v) is 11.3. The van der Waals surface area contributed by atoms with Crippen LogP contribution in [0.3, 0.4) is 0 Å². The van der Waals surface area contributed by atoms with Crippen LogP contribution in [0, 0.1) is 5.92 Å². The summed E-state index contributed by atoms with van der Waals surface area (Å²) < 4.78 is 16.7. The molecule has 1 amide bonds. The summed E-state index contributed by atoms with van der Waals surface area (Å²) in [5.41, 5.74) is 1.50. The number of nitrogens with zero attached hydrogens (tertiary/aromatic N) is 2. The molecule has 7 nitrogen and oxygen atoms in total. The van der Waals surface area contributed by atoms with Gasteiger partial charge in [0.1, 0.15) is 12.0 Å². The fraction of sp³-hybridized carbons (Fsp3) is 0.583. The van der Waals surface area contributed by atoms with Crippen LogP contribution in [0.1, 0.15) is 62.5 Å². The Balaban J connectivity index is 1.62. The molecule has 0 saturated carbocycles. The fourth-order valence-corrected chi connectivity index (χ4v) is 3.62. The summed E-state index contributed by atoms with van der Waals surface area (Å²) in [7, 11) is 0. The topological polar surface area (TPSA) is 76.8 Å². The molecule has 0 bridgehead atoms. The zero-order chi connectivity index (χ0) is 22.2. The number of hydrogen-bond donors (Lipinski definition) is 1. The smallest absolute Gasteiger partial charge is 0.273 e. The maximum atomic E-state index is 12.4. The van der Waals surface area contributed by atoms with Crippen molar-refractivity contribution in [2.75, 3.05) is 19.8 Å². The molecule has 0 aliphatic carbocycles. The van der Waals surface area contributed by atoms with Gasteiger partial charge in [-0.15, -0.1) is 0 Å². The fourth-order valence-electron chi connectivity index (χ4n) is 3.62. The molecule has 31 heavy (non-hydrogen) atoms. The predicted molar refractivity (Wildman–Crippen MR) is 119 cm³/mol. The third-order valence-electron chi connectivity index (χ3n) is 5.80. The van der Waals surface area contributed by atoms with Crippen LogP contribution in [0.25, 0.3) is 0 Å². The lowest BCUT2D eigenvalue weighted by atomic mass is 10.0. The van der Waals surface area contributed by atoms with E-state index in [4.69, 9.17) is 13.9 Å². The Kier molecular flexibility index (Phi) is 8.49. The van der Waals surface area contributed by atoms with Crippen LogP contribution >= 0.6 is 0 Å². The Hall–Kier alpha value is -2.38. The summed E-state index contributed by atoms with van der Waals surface area (Å²) >= 11 is 0. The highest BCUT2D eigenvalue weighted by Gasteiger charge is 2.22. The van der Waals surface area contributed by atoms with Crippen molar-refractivity contribution in [3.8, 4) is 5.75 Å². The van der Waals surface area contributed by atoms with Gasteiger partial charge in [0.15, 0.2) is 5.69 Å². The highest BCUT2D eigenvalue weighted by Crippen LogP contribution is 2.20. The summed E-state index contributed by atoms with van der Waals surface area (Å²) in [5, 5.41) is 2.89. The van der Waals surface area contributed by atoms with Crippen LogP contribution in [0.15, 0.2) is 34.9 Å². The first-order chi connectivity index (χ1) is 15.0. The monoisotopic (exact) mass is 429 g/mol. The number of ether oxygens (including phenoxy) is 2. The van der Waals surface area contributed by atoms with E-state index in [9.17, 15) is 4.79 Å². The number of carbonyl (C=O) groups is 1. The van der Waals surface area contributed by atoms with E-state index in [1.807, 2.05) is 19.1 Å². The lowest BCUT2D eigenvalue weighted by molar-refractivity contribution is 0.0853. The number of aromatic nitrogens is 1. The van der Waals surface area contributed by atoms with Crippen LogP contribution in [0.4, 0.5) is 0 Å². The minimum Gasteiger partial charge on any atom is -0.494 e. The first-order valence-electron chi connectivity index (χ1n) is 11.3. The van der Waals surface area contributed by atoms with Gasteiger partial charge in [0.05, 0.1) is 19.3 Å². The normalized spacial score (nSPS) is 17.3. The highest BCUT2D eigenvalue weighted by atomic mass is 16.5. The molecular weight excluding hydrogens is 394 g/mol. The SMILES string of the molecule is CCOc1ccc(CN(Cc2nc(C(=O)NCC3CCCO3)co2)C(C)C(C)C)cc1. The molecule has 7 heteroatoms.